The lowest BCUT2D eigenvalue weighted by Gasteiger charge is -2.32. The van der Waals surface area contributed by atoms with Crippen molar-refractivity contribution in [1.29, 1.82) is 0 Å². The van der Waals surface area contributed by atoms with E-state index in [9.17, 15) is 0 Å². The van der Waals surface area contributed by atoms with Gasteiger partial charge in [0, 0.05) is 5.92 Å². The van der Waals surface area contributed by atoms with Crippen molar-refractivity contribution in [2.75, 3.05) is 21.1 Å². The van der Waals surface area contributed by atoms with Crippen LogP contribution in [0.4, 0.5) is 0 Å². The molecule has 0 saturated heterocycles. The molecule has 1 saturated carbocycles. The molecule has 3 unspecified atom stereocenters. The van der Waals surface area contributed by atoms with E-state index in [0.29, 0.717) is 0 Å². The lowest BCUT2D eigenvalue weighted by Crippen LogP contribution is -2.44. The van der Waals surface area contributed by atoms with Crippen molar-refractivity contribution in [2.24, 2.45) is 11.8 Å². The van der Waals surface area contributed by atoms with E-state index in [1.807, 2.05) is 0 Å². The summed E-state index contributed by atoms with van der Waals surface area (Å²) in [5.41, 5.74) is 0. The van der Waals surface area contributed by atoms with Crippen molar-refractivity contribution in [1.82, 2.24) is 0 Å². The molecule has 60 valence electrons. The van der Waals surface area contributed by atoms with Crippen LogP contribution in [0.2, 0.25) is 0 Å². The first-order valence-corrected chi connectivity index (χ1v) is 4.24. The van der Waals surface area contributed by atoms with E-state index in [2.05, 4.69) is 35.0 Å². The molecule has 1 fully saturated rings. The van der Waals surface area contributed by atoms with Crippen molar-refractivity contribution in [3.05, 3.63) is 0 Å². The molecule has 0 bridgehead atoms. The van der Waals surface area contributed by atoms with Crippen molar-refractivity contribution < 1.29 is 4.48 Å². The van der Waals surface area contributed by atoms with Gasteiger partial charge in [0.05, 0.1) is 27.2 Å². The maximum Gasteiger partial charge on any atom is 0.0886 e. The predicted molar refractivity (Wildman–Crippen MR) is 44.8 cm³/mol. The molecule has 1 rings (SSSR count). The molecule has 10 heavy (non-hydrogen) atoms. The third-order valence-corrected chi connectivity index (χ3v) is 3.01. The van der Waals surface area contributed by atoms with Gasteiger partial charge in [-0.15, -0.1) is 0 Å². The molecule has 0 heterocycles. The first-order valence-electron chi connectivity index (χ1n) is 4.24. The molecule has 0 radical (unpaired) electrons. The summed E-state index contributed by atoms with van der Waals surface area (Å²) in [6.07, 6.45) is 1.46. The molecule has 1 nitrogen and oxygen atoms in total. The van der Waals surface area contributed by atoms with Crippen molar-refractivity contribution in [3.63, 3.8) is 0 Å². The minimum atomic E-state index is 0.843. The van der Waals surface area contributed by atoms with Gasteiger partial charge in [-0.25, -0.2) is 0 Å². The third-order valence-electron chi connectivity index (χ3n) is 3.01. The largest absolute Gasteiger partial charge is 0.328 e. The van der Waals surface area contributed by atoms with Gasteiger partial charge in [0.25, 0.3) is 0 Å². The highest BCUT2D eigenvalue weighted by Crippen LogP contribution is 2.42. The molecule has 3 atom stereocenters. The number of quaternary nitrogens is 1. The summed E-state index contributed by atoms with van der Waals surface area (Å²) in [5.74, 6) is 1.99. The van der Waals surface area contributed by atoms with E-state index < -0.39 is 0 Å². The lowest BCUT2D eigenvalue weighted by atomic mass is 10.1. The average Bonchev–Trinajstić information content (AvgIpc) is 2.42. The molecular formula is C9H20N+. The Hall–Kier alpha value is -0.0400. The Labute approximate surface area is 64.6 Å². The minimum absolute atomic E-state index is 0.843. The second-order valence-corrected chi connectivity index (χ2v) is 4.73. The summed E-state index contributed by atoms with van der Waals surface area (Å²) in [5, 5.41) is 0. The van der Waals surface area contributed by atoms with Crippen LogP contribution in [-0.4, -0.2) is 31.7 Å². The zero-order valence-corrected chi connectivity index (χ0v) is 7.89. The Morgan fingerprint density at radius 2 is 1.70 bits per heavy atom. The topological polar surface area (TPSA) is 0 Å². The maximum atomic E-state index is 2.37. The number of rotatable bonds is 2. The summed E-state index contributed by atoms with van der Waals surface area (Å²) in [6, 6.07) is 0.843. The van der Waals surface area contributed by atoms with Gasteiger partial charge in [0.2, 0.25) is 0 Å². The van der Waals surface area contributed by atoms with Crippen LogP contribution in [-0.2, 0) is 0 Å². The van der Waals surface area contributed by atoms with Gasteiger partial charge in [0.1, 0.15) is 0 Å². The molecule has 0 aromatic rings. The SMILES string of the molecule is CC1CC1C(C)[N+](C)(C)C. The number of nitrogens with zero attached hydrogens (tertiary/aromatic N) is 1. The van der Waals surface area contributed by atoms with E-state index in [1.54, 1.807) is 0 Å². The monoisotopic (exact) mass is 142 g/mol. The van der Waals surface area contributed by atoms with Crippen molar-refractivity contribution in [2.45, 2.75) is 26.3 Å². The van der Waals surface area contributed by atoms with Crippen LogP contribution in [0.1, 0.15) is 20.3 Å². The molecule has 0 aromatic heterocycles. The second kappa shape index (κ2) is 2.23. The highest BCUT2D eigenvalue weighted by atomic mass is 15.3. The third kappa shape index (κ3) is 1.51. The van der Waals surface area contributed by atoms with Gasteiger partial charge in [-0.2, -0.15) is 0 Å². The van der Waals surface area contributed by atoms with Crippen LogP contribution in [0.3, 0.4) is 0 Å². The highest BCUT2D eigenvalue weighted by Gasteiger charge is 2.43. The van der Waals surface area contributed by atoms with Crippen LogP contribution in [0.15, 0.2) is 0 Å². The fourth-order valence-corrected chi connectivity index (χ4v) is 1.60. The fourth-order valence-electron chi connectivity index (χ4n) is 1.60. The molecule has 0 N–H and O–H groups in total. The zero-order chi connectivity index (χ0) is 7.94. The lowest BCUT2D eigenvalue weighted by molar-refractivity contribution is -0.896. The second-order valence-electron chi connectivity index (χ2n) is 4.73. The molecule has 0 aromatic carbocycles. The molecular weight excluding hydrogens is 122 g/mol. The van der Waals surface area contributed by atoms with E-state index in [-0.39, 0.29) is 0 Å². The zero-order valence-electron chi connectivity index (χ0n) is 7.89. The smallest absolute Gasteiger partial charge is 0.0886 e. The molecule has 1 aliphatic rings. The standard InChI is InChI=1S/C9H20N/c1-7-6-9(7)8(2)10(3,4)5/h7-9H,6H2,1-5H3/q+1. The molecule has 1 aliphatic carbocycles. The van der Waals surface area contributed by atoms with Gasteiger partial charge in [-0.3, -0.25) is 0 Å². The highest BCUT2D eigenvalue weighted by molar-refractivity contribution is 4.86. The Balaban J connectivity index is 2.42. The Kier molecular flexibility index (Phi) is 1.80. The van der Waals surface area contributed by atoms with Gasteiger partial charge in [-0.05, 0) is 19.3 Å². The van der Waals surface area contributed by atoms with E-state index in [4.69, 9.17) is 0 Å². The number of hydrogen-bond acceptors (Lipinski definition) is 0. The molecule has 0 aliphatic heterocycles. The average molecular weight is 142 g/mol. The first kappa shape index (κ1) is 8.06. The summed E-state index contributed by atoms with van der Waals surface area (Å²) in [4.78, 5) is 0. The Morgan fingerprint density at radius 1 is 1.30 bits per heavy atom. The molecule has 0 amide bonds. The quantitative estimate of drug-likeness (QED) is 0.515. The predicted octanol–water partition coefficient (Wildman–Crippen LogP) is 1.74. The summed E-state index contributed by atoms with van der Waals surface area (Å²) >= 11 is 0. The fraction of sp³-hybridized carbons (Fsp3) is 1.00. The minimum Gasteiger partial charge on any atom is -0.328 e. The van der Waals surface area contributed by atoms with Gasteiger partial charge >= 0.3 is 0 Å². The maximum absolute atomic E-state index is 2.37. The Morgan fingerprint density at radius 3 is 1.80 bits per heavy atom. The van der Waals surface area contributed by atoms with E-state index in [1.165, 1.54) is 6.42 Å². The first-order chi connectivity index (χ1) is 4.43. The molecule has 1 heteroatoms. The van der Waals surface area contributed by atoms with Crippen LogP contribution in [0.25, 0.3) is 0 Å². The van der Waals surface area contributed by atoms with Gasteiger partial charge < -0.3 is 4.48 Å². The van der Waals surface area contributed by atoms with Crippen LogP contribution in [0, 0.1) is 11.8 Å². The van der Waals surface area contributed by atoms with E-state index in [0.717, 1.165) is 22.4 Å². The summed E-state index contributed by atoms with van der Waals surface area (Å²) < 4.78 is 1.12. The van der Waals surface area contributed by atoms with Gasteiger partial charge in [-0.1, -0.05) is 6.92 Å². The Bertz CT molecular complexity index is 123. The van der Waals surface area contributed by atoms with Crippen LogP contribution < -0.4 is 0 Å². The summed E-state index contributed by atoms with van der Waals surface area (Å²) in [6.45, 7) is 4.73. The van der Waals surface area contributed by atoms with Crippen molar-refractivity contribution in [3.8, 4) is 0 Å². The normalized spacial score (nSPS) is 35.7. The number of hydrogen-bond donors (Lipinski definition) is 0. The summed E-state index contributed by atoms with van der Waals surface area (Å²) in [7, 11) is 6.86. The van der Waals surface area contributed by atoms with Crippen molar-refractivity contribution >= 4 is 0 Å². The van der Waals surface area contributed by atoms with Crippen LogP contribution >= 0.6 is 0 Å². The van der Waals surface area contributed by atoms with E-state index >= 15 is 0 Å². The molecule has 0 spiro atoms. The van der Waals surface area contributed by atoms with Gasteiger partial charge in [0.15, 0.2) is 0 Å². The van der Waals surface area contributed by atoms with Crippen LogP contribution in [0.5, 0.6) is 0 Å².